The number of rotatable bonds is 3. The molecule has 0 bridgehead atoms. The summed E-state index contributed by atoms with van der Waals surface area (Å²) >= 11 is 1.80. The Morgan fingerprint density at radius 2 is 1.81 bits per heavy atom. The quantitative estimate of drug-likeness (QED) is 0.614. The molecule has 0 amide bonds. The number of hydrogen-bond donors (Lipinski definition) is 0. The van der Waals surface area contributed by atoms with Gasteiger partial charge in [-0.25, -0.2) is 0 Å². The third-order valence-corrected chi connectivity index (χ3v) is 5.65. The third kappa shape index (κ3) is 3.48. The van der Waals surface area contributed by atoms with E-state index in [0.717, 1.165) is 24.2 Å². The maximum atomic E-state index is 12.4. The molecule has 0 aliphatic carbocycles. The predicted octanol–water partition coefficient (Wildman–Crippen LogP) is 4.10. The van der Waals surface area contributed by atoms with Gasteiger partial charge in [-0.05, 0) is 49.1 Å². The van der Waals surface area contributed by atoms with E-state index in [4.69, 9.17) is 0 Å². The van der Waals surface area contributed by atoms with Gasteiger partial charge in [0.2, 0.25) is 0 Å². The highest BCUT2D eigenvalue weighted by molar-refractivity contribution is 7.99. The molecule has 1 saturated heterocycles. The van der Waals surface area contributed by atoms with Crippen LogP contribution in [0.4, 0.5) is 13.2 Å². The van der Waals surface area contributed by atoms with Gasteiger partial charge in [-0.3, -0.25) is 0 Å². The first kappa shape index (κ1) is 16.5. The van der Waals surface area contributed by atoms with Crippen molar-refractivity contribution in [2.75, 3.05) is 5.75 Å². The fourth-order valence-electron chi connectivity index (χ4n) is 2.30. The Bertz CT molecular complexity index is 610. The van der Waals surface area contributed by atoms with Crippen molar-refractivity contribution in [3.05, 3.63) is 28.8 Å². The van der Waals surface area contributed by atoms with Gasteiger partial charge in [0.15, 0.2) is 0 Å². The van der Waals surface area contributed by atoms with E-state index in [1.807, 2.05) is 0 Å². The Labute approximate surface area is 126 Å². The van der Waals surface area contributed by atoms with Gasteiger partial charge in [-0.2, -0.15) is 33.4 Å². The average molecular weight is 340 g/mol. The molecule has 2 rings (SSSR count). The minimum absolute atomic E-state index is 0.237. The molecule has 1 aromatic rings. The summed E-state index contributed by atoms with van der Waals surface area (Å²) in [5, 5.41) is 0.315. The number of benzene rings is 1. The van der Waals surface area contributed by atoms with Crippen molar-refractivity contribution in [1.82, 2.24) is 0 Å². The van der Waals surface area contributed by atoms with Crippen molar-refractivity contribution in [2.45, 2.75) is 37.4 Å². The topological polar surface area (TPSA) is 43.4 Å². The summed E-state index contributed by atoms with van der Waals surface area (Å²) in [5.41, 5.74) is -3.63. The summed E-state index contributed by atoms with van der Waals surface area (Å²) in [7, 11) is -5.63. The Morgan fingerprint density at radius 3 is 2.24 bits per heavy atom. The maximum Gasteiger partial charge on any atom is 0.534 e. The lowest BCUT2D eigenvalue weighted by Gasteiger charge is -2.17. The maximum absolute atomic E-state index is 12.4. The SMILES string of the molecule is Cc1cc(C2CCCS2)cc(C)c1OS(=O)(=O)C(F)(F)F. The van der Waals surface area contributed by atoms with Crippen LogP contribution in [0.15, 0.2) is 12.1 Å². The van der Waals surface area contributed by atoms with E-state index in [9.17, 15) is 21.6 Å². The molecule has 1 unspecified atom stereocenters. The standard InChI is InChI=1S/C13H15F3O3S2/c1-8-6-10(11-4-3-5-20-11)7-9(2)12(8)19-21(17,18)13(14,15)16/h6-7,11H,3-5H2,1-2H3. The van der Waals surface area contributed by atoms with Crippen LogP contribution in [0.1, 0.15) is 34.8 Å². The van der Waals surface area contributed by atoms with Crippen LogP contribution in [0.3, 0.4) is 0 Å². The molecule has 0 radical (unpaired) electrons. The minimum atomic E-state index is -5.63. The largest absolute Gasteiger partial charge is 0.534 e. The van der Waals surface area contributed by atoms with Crippen molar-refractivity contribution in [3.8, 4) is 5.75 Å². The summed E-state index contributed by atoms with van der Waals surface area (Å²) in [6, 6.07) is 3.41. The lowest BCUT2D eigenvalue weighted by molar-refractivity contribution is -0.0500. The van der Waals surface area contributed by atoms with Gasteiger partial charge in [-0.1, -0.05) is 12.1 Å². The zero-order chi connectivity index (χ0) is 15.8. The van der Waals surface area contributed by atoms with Gasteiger partial charge in [0.1, 0.15) is 5.75 Å². The van der Waals surface area contributed by atoms with Gasteiger partial charge in [0.05, 0.1) is 0 Å². The lowest BCUT2D eigenvalue weighted by atomic mass is 10.0. The molecule has 0 saturated carbocycles. The van der Waals surface area contributed by atoms with Crippen molar-refractivity contribution in [3.63, 3.8) is 0 Å². The zero-order valence-electron chi connectivity index (χ0n) is 11.5. The van der Waals surface area contributed by atoms with Crippen molar-refractivity contribution in [1.29, 1.82) is 0 Å². The van der Waals surface area contributed by atoms with E-state index in [1.165, 1.54) is 0 Å². The van der Waals surface area contributed by atoms with Gasteiger partial charge < -0.3 is 4.18 Å². The molecule has 1 aromatic carbocycles. The Kier molecular flexibility index (Phi) is 4.49. The highest BCUT2D eigenvalue weighted by atomic mass is 32.2. The van der Waals surface area contributed by atoms with Crippen LogP contribution < -0.4 is 4.18 Å². The normalized spacial score (nSPS) is 19.8. The molecule has 3 nitrogen and oxygen atoms in total. The highest BCUT2D eigenvalue weighted by Crippen LogP contribution is 2.42. The summed E-state index contributed by atoms with van der Waals surface area (Å²) in [6.07, 6.45) is 2.12. The average Bonchev–Trinajstić information content (AvgIpc) is 2.85. The smallest absolute Gasteiger partial charge is 0.375 e. The second-order valence-electron chi connectivity index (χ2n) is 4.97. The van der Waals surface area contributed by atoms with Crippen LogP contribution in [0.5, 0.6) is 5.75 Å². The molecule has 118 valence electrons. The van der Waals surface area contributed by atoms with E-state index in [2.05, 4.69) is 4.18 Å². The Balaban J connectivity index is 2.34. The van der Waals surface area contributed by atoms with Gasteiger partial charge in [-0.15, -0.1) is 0 Å². The van der Waals surface area contributed by atoms with Crippen LogP contribution in [0.2, 0.25) is 0 Å². The van der Waals surface area contributed by atoms with E-state index in [0.29, 0.717) is 16.4 Å². The van der Waals surface area contributed by atoms with Gasteiger partial charge in [0.25, 0.3) is 0 Å². The summed E-state index contributed by atoms with van der Waals surface area (Å²) in [6.45, 7) is 3.11. The van der Waals surface area contributed by atoms with Gasteiger partial charge in [0, 0.05) is 5.25 Å². The fourth-order valence-corrected chi connectivity index (χ4v) is 4.16. The molecule has 21 heavy (non-hydrogen) atoms. The van der Waals surface area contributed by atoms with E-state index < -0.39 is 15.6 Å². The summed E-state index contributed by atoms with van der Waals surface area (Å²) in [5.74, 6) is 0.822. The number of halogens is 3. The second-order valence-corrected chi connectivity index (χ2v) is 7.82. The first-order valence-electron chi connectivity index (χ1n) is 6.35. The van der Waals surface area contributed by atoms with Crippen molar-refractivity contribution >= 4 is 21.9 Å². The van der Waals surface area contributed by atoms with Crippen LogP contribution in [0, 0.1) is 13.8 Å². The fraction of sp³-hybridized carbons (Fsp3) is 0.538. The second kappa shape index (κ2) is 5.72. The lowest BCUT2D eigenvalue weighted by Crippen LogP contribution is -2.28. The Morgan fingerprint density at radius 1 is 1.24 bits per heavy atom. The van der Waals surface area contributed by atoms with E-state index >= 15 is 0 Å². The van der Waals surface area contributed by atoms with Crippen molar-refractivity contribution < 1.29 is 25.8 Å². The molecule has 0 N–H and O–H groups in total. The number of thioether (sulfide) groups is 1. The van der Waals surface area contributed by atoms with Gasteiger partial charge >= 0.3 is 15.6 Å². The molecular formula is C13H15F3O3S2. The zero-order valence-corrected chi connectivity index (χ0v) is 13.2. The first-order valence-corrected chi connectivity index (χ1v) is 8.81. The molecule has 0 aromatic heterocycles. The predicted molar refractivity (Wildman–Crippen MR) is 76.0 cm³/mol. The monoisotopic (exact) mass is 340 g/mol. The summed E-state index contributed by atoms with van der Waals surface area (Å²) in [4.78, 5) is 0. The van der Waals surface area contributed by atoms with E-state index in [-0.39, 0.29) is 5.75 Å². The van der Waals surface area contributed by atoms with Crippen LogP contribution in [-0.2, 0) is 10.1 Å². The molecular weight excluding hydrogens is 325 g/mol. The van der Waals surface area contributed by atoms with Crippen LogP contribution >= 0.6 is 11.8 Å². The number of alkyl halides is 3. The first-order chi connectivity index (χ1) is 9.62. The molecule has 1 atom stereocenters. The molecule has 8 heteroatoms. The third-order valence-electron chi connectivity index (χ3n) is 3.26. The van der Waals surface area contributed by atoms with Crippen LogP contribution in [-0.4, -0.2) is 19.7 Å². The molecule has 1 aliphatic rings. The summed E-state index contributed by atoms with van der Waals surface area (Å²) < 4.78 is 63.7. The molecule has 1 aliphatic heterocycles. The number of hydrogen-bond acceptors (Lipinski definition) is 4. The van der Waals surface area contributed by atoms with Crippen LogP contribution in [0.25, 0.3) is 0 Å². The highest BCUT2D eigenvalue weighted by Gasteiger charge is 2.48. The molecule has 0 spiro atoms. The number of aryl methyl sites for hydroxylation is 2. The minimum Gasteiger partial charge on any atom is -0.375 e. The molecule has 1 fully saturated rings. The van der Waals surface area contributed by atoms with Crippen molar-refractivity contribution in [2.24, 2.45) is 0 Å². The van der Waals surface area contributed by atoms with E-state index in [1.54, 1.807) is 37.7 Å². The Hall–Kier alpha value is -0.890. The molecule has 1 heterocycles.